The standard InChI is InChI=1S/C18H16ClFN2O/c1-11-10-23-18-13(9-21-11)7-15(8-16(18)19)22-5-4-12-6-14(20)2-3-17(12)22/h2-8,11,21H,9-10H2,1H3. The van der Waals surface area contributed by atoms with Crippen molar-refractivity contribution < 1.29 is 9.13 Å². The molecule has 0 saturated carbocycles. The van der Waals surface area contributed by atoms with E-state index in [2.05, 4.69) is 18.3 Å². The number of benzene rings is 2. The van der Waals surface area contributed by atoms with E-state index in [9.17, 15) is 4.39 Å². The SMILES string of the molecule is CC1COc2c(Cl)cc(-n3ccc4cc(F)ccc43)cc2CN1. The molecule has 0 aliphatic carbocycles. The highest BCUT2D eigenvalue weighted by molar-refractivity contribution is 6.32. The molecule has 2 aromatic carbocycles. The maximum Gasteiger partial charge on any atom is 0.142 e. The summed E-state index contributed by atoms with van der Waals surface area (Å²) >= 11 is 6.43. The van der Waals surface area contributed by atoms with Crippen molar-refractivity contribution in [3.05, 3.63) is 59.0 Å². The van der Waals surface area contributed by atoms with E-state index >= 15 is 0 Å². The minimum atomic E-state index is -0.234. The number of aromatic nitrogens is 1. The largest absolute Gasteiger partial charge is 0.490 e. The molecule has 0 spiro atoms. The Morgan fingerprint density at radius 3 is 3.00 bits per heavy atom. The van der Waals surface area contributed by atoms with Crippen molar-refractivity contribution in [2.24, 2.45) is 0 Å². The summed E-state index contributed by atoms with van der Waals surface area (Å²) in [5, 5.41) is 4.86. The number of rotatable bonds is 1. The summed E-state index contributed by atoms with van der Waals surface area (Å²) in [7, 11) is 0. The second-order valence-electron chi connectivity index (χ2n) is 5.90. The third kappa shape index (κ3) is 2.58. The summed E-state index contributed by atoms with van der Waals surface area (Å²) in [4.78, 5) is 0. The van der Waals surface area contributed by atoms with Crippen molar-refractivity contribution in [3.8, 4) is 11.4 Å². The molecule has 0 saturated heterocycles. The van der Waals surface area contributed by atoms with Crippen molar-refractivity contribution >= 4 is 22.5 Å². The lowest BCUT2D eigenvalue weighted by Gasteiger charge is -2.13. The van der Waals surface area contributed by atoms with Crippen molar-refractivity contribution in [2.75, 3.05) is 6.61 Å². The Morgan fingerprint density at radius 2 is 2.13 bits per heavy atom. The fourth-order valence-electron chi connectivity index (χ4n) is 2.96. The van der Waals surface area contributed by atoms with Gasteiger partial charge in [-0.2, -0.15) is 0 Å². The Morgan fingerprint density at radius 1 is 1.26 bits per heavy atom. The van der Waals surface area contributed by atoms with E-state index in [0.717, 1.165) is 27.9 Å². The van der Waals surface area contributed by atoms with Crippen LogP contribution in [0.2, 0.25) is 5.02 Å². The van der Waals surface area contributed by atoms with E-state index < -0.39 is 0 Å². The summed E-state index contributed by atoms with van der Waals surface area (Å²) < 4.78 is 21.2. The minimum absolute atomic E-state index is 0.234. The quantitative estimate of drug-likeness (QED) is 0.720. The topological polar surface area (TPSA) is 26.2 Å². The van der Waals surface area contributed by atoms with E-state index in [-0.39, 0.29) is 11.9 Å². The number of halogens is 2. The summed E-state index contributed by atoms with van der Waals surface area (Å²) in [6.45, 7) is 3.38. The molecule has 0 amide bonds. The zero-order valence-electron chi connectivity index (χ0n) is 12.6. The summed E-state index contributed by atoms with van der Waals surface area (Å²) in [5.41, 5.74) is 2.91. The molecule has 1 aliphatic rings. The molecule has 0 bridgehead atoms. The number of hydrogen-bond acceptors (Lipinski definition) is 2. The van der Waals surface area contributed by atoms with Crippen LogP contribution in [0.15, 0.2) is 42.6 Å². The molecular weight excluding hydrogens is 315 g/mol. The molecule has 3 aromatic rings. The van der Waals surface area contributed by atoms with Gasteiger partial charge in [0.1, 0.15) is 18.2 Å². The predicted octanol–water partition coefficient (Wildman–Crippen LogP) is 4.29. The minimum Gasteiger partial charge on any atom is -0.490 e. The van der Waals surface area contributed by atoms with Crippen molar-refractivity contribution in [2.45, 2.75) is 19.5 Å². The van der Waals surface area contributed by atoms with E-state index in [0.29, 0.717) is 18.2 Å². The number of ether oxygens (including phenoxy) is 1. The molecule has 3 nitrogen and oxygen atoms in total. The molecule has 1 aromatic heterocycles. The molecule has 23 heavy (non-hydrogen) atoms. The van der Waals surface area contributed by atoms with Gasteiger partial charge in [0.2, 0.25) is 0 Å². The van der Waals surface area contributed by atoms with Crippen molar-refractivity contribution in [3.63, 3.8) is 0 Å². The van der Waals surface area contributed by atoms with Gasteiger partial charge in [-0.05, 0) is 43.3 Å². The first-order valence-electron chi connectivity index (χ1n) is 7.57. The molecule has 1 N–H and O–H groups in total. The Bertz CT molecular complexity index is 890. The van der Waals surface area contributed by atoms with Gasteiger partial charge in [0, 0.05) is 35.4 Å². The lowest BCUT2D eigenvalue weighted by atomic mass is 10.1. The van der Waals surface area contributed by atoms with Gasteiger partial charge in [0.25, 0.3) is 0 Å². The number of nitrogens with zero attached hydrogens (tertiary/aromatic N) is 1. The first-order valence-corrected chi connectivity index (χ1v) is 7.95. The Hall–Kier alpha value is -2.04. The van der Waals surface area contributed by atoms with Crippen LogP contribution in [0.5, 0.6) is 5.75 Å². The van der Waals surface area contributed by atoms with Gasteiger partial charge in [0.05, 0.1) is 10.5 Å². The van der Waals surface area contributed by atoms with Crippen molar-refractivity contribution in [1.82, 2.24) is 9.88 Å². The van der Waals surface area contributed by atoms with Gasteiger partial charge in [-0.25, -0.2) is 4.39 Å². The molecule has 1 atom stereocenters. The van der Waals surface area contributed by atoms with Gasteiger partial charge in [-0.3, -0.25) is 0 Å². The summed E-state index contributed by atoms with van der Waals surface area (Å²) in [6.07, 6.45) is 1.93. The fourth-order valence-corrected chi connectivity index (χ4v) is 3.24. The van der Waals surface area contributed by atoms with E-state index in [1.807, 2.05) is 22.9 Å². The number of fused-ring (bicyclic) bond motifs is 2. The van der Waals surface area contributed by atoms with E-state index in [1.165, 1.54) is 12.1 Å². The van der Waals surface area contributed by atoms with Crippen LogP contribution in [0, 0.1) is 5.82 Å². The van der Waals surface area contributed by atoms with Crippen LogP contribution < -0.4 is 10.1 Å². The first-order chi connectivity index (χ1) is 11.1. The van der Waals surface area contributed by atoms with Crippen LogP contribution in [0.25, 0.3) is 16.6 Å². The highest BCUT2D eigenvalue weighted by atomic mass is 35.5. The zero-order valence-corrected chi connectivity index (χ0v) is 13.4. The molecule has 2 heterocycles. The molecule has 4 rings (SSSR count). The van der Waals surface area contributed by atoms with E-state index in [1.54, 1.807) is 6.07 Å². The van der Waals surface area contributed by atoms with Crippen LogP contribution in [0.4, 0.5) is 4.39 Å². The van der Waals surface area contributed by atoms with Gasteiger partial charge in [-0.15, -0.1) is 0 Å². The van der Waals surface area contributed by atoms with Crippen LogP contribution in [-0.2, 0) is 6.54 Å². The number of hydrogen-bond donors (Lipinski definition) is 1. The lowest BCUT2D eigenvalue weighted by molar-refractivity contribution is 0.287. The third-order valence-electron chi connectivity index (χ3n) is 4.15. The normalized spacial score (nSPS) is 17.6. The maximum absolute atomic E-state index is 13.4. The van der Waals surface area contributed by atoms with Gasteiger partial charge < -0.3 is 14.6 Å². The Kier molecular flexibility index (Phi) is 3.51. The van der Waals surface area contributed by atoms with Crippen LogP contribution in [-0.4, -0.2) is 17.2 Å². The van der Waals surface area contributed by atoms with Crippen LogP contribution in [0.1, 0.15) is 12.5 Å². The monoisotopic (exact) mass is 330 g/mol. The zero-order chi connectivity index (χ0) is 16.0. The summed E-state index contributed by atoms with van der Waals surface area (Å²) in [5.74, 6) is 0.511. The molecule has 0 fully saturated rings. The molecule has 1 aliphatic heterocycles. The van der Waals surface area contributed by atoms with Gasteiger partial charge >= 0.3 is 0 Å². The smallest absolute Gasteiger partial charge is 0.142 e. The maximum atomic E-state index is 13.4. The van der Waals surface area contributed by atoms with Crippen LogP contribution in [0.3, 0.4) is 0 Å². The average Bonchev–Trinajstić information content (AvgIpc) is 2.84. The second-order valence-corrected chi connectivity index (χ2v) is 6.30. The fraction of sp³-hybridized carbons (Fsp3) is 0.222. The number of nitrogens with one attached hydrogen (secondary N) is 1. The van der Waals surface area contributed by atoms with Gasteiger partial charge in [0.15, 0.2) is 0 Å². The van der Waals surface area contributed by atoms with E-state index in [4.69, 9.17) is 16.3 Å². The highest BCUT2D eigenvalue weighted by Gasteiger charge is 2.18. The first kappa shape index (κ1) is 14.5. The molecule has 118 valence electrons. The average molecular weight is 331 g/mol. The second kappa shape index (κ2) is 5.55. The summed E-state index contributed by atoms with van der Waals surface area (Å²) in [6, 6.07) is 10.9. The van der Waals surface area contributed by atoms with Crippen molar-refractivity contribution in [1.29, 1.82) is 0 Å². The van der Waals surface area contributed by atoms with Gasteiger partial charge in [-0.1, -0.05) is 11.6 Å². The highest BCUT2D eigenvalue weighted by Crippen LogP contribution is 2.34. The molecule has 0 radical (unpaired) electrons. The third-order valence-corrected chi connectivity index (χ3v) is 4.44. The molecule has 1 unspecified atom stereocenters. The Balaban J connectivity index is 1.84. The van der Waals surface area contributed by atoms with Crippen LogP contribution >= 0.6 is 11.6 Å². The predicted molar refractivity (Wildman–Crippen MR) is 90.0 cm³/mol. The Labute approximate surface area is 138 Å². The molecule has 5 heteroatoms. The molecular formula is C18H16ClFN2O. The lowest BCUT2D eigenvalue weighted by Crippen LogP contribution is -2.28.